The van der Waals surface area contributed by atoms with Gasteiger partial charge in [-0.15, -0.1) is 0 Å². The first-order chi connectivity index (χ1) is 9.15. The molecule has 0 fully saturated rings. The van der Waals surface area contributed by atoms with Gasteiger partial charge in [0, 0.05) is 25.4 Å². The van der Waals surface area contributed by atoms with Crippen molar-refractivity contribution in [2.45, 2.75) is 20.3 Å². The second-order valence-electron chi connectivity index (χ2n) is 4.08. The first kappa shape index (κ1) is 15.2. The van der Waals surface area contributed by atoms with E-state index in [0.29, 0.717) is 31.9 Å². The Labute approximate surface area is 113 Å². The fraction of sp³-hybridized carbons (Fsp3) is 0.429. The number of para-hydroxylation sites is 1. The molecule has 1 aromatic carbocycles. The normalized spacial score (nSPS) is 10.0. The van der Waals surface area contributed by atoms with Crippen LogP contribution in [0, 0.1) is 6.92 Å². The molecule has 0 heterocycles. The smallest absolute Gasteiger partial charge is 0.313 e. The molecule has 2 amide bonds. The van der Waals surface area contributed by atoms with Gasteiger partial charge in [0.05, 0.1) is 0 Å². The van der Waals surface area contributed by atoms with E-state index in [2.05, 4.69) is 10.6 Å². The van der Waals surface area contributed by atoms with Gasteiger partial charge in [0.1, 0.15) is 0 Å². The SMILES string of the molecule is CCOCCCNC(=O)C(=O)Nc1ccccc1C. The van der Waals surface area contributed by atoms with Crippen LogP contribution >= 0.6 is 0 Å². The van der Waals surface area contributed by atoms with Gasteiger partial charge in [-0.05, 0) is 31.9 Å². The molecule has 2 N–H and O–H groups in total. The van der Waals surface area contributed by atoms with Gasteiger partial charge in [-0.25, -0.2) is 0 Å². The number of benzene rings is 1. The minimum Gasteiger partial charge on any atom is -0.382 e. The van der Waals surface area contributed by atoms with E-state index in [-0.39, 0.29) is 0 Å². The molecule has 0 radical (unpaired) electrons. The molecule has 5 nitrogen and oxygen atoms in total. The highest BCUT2D eigenvalue weighted by atomic mass is 16.5. The Bertz CT molecular complexity index is 432. The predicted molar refractivity (Wildman–Crippen MR) is 73.9 cm³/mol. The van der Waals surface area contributed by atoms with E-state index in [4.69, 9.17) is 4.74 Å². The van der Waals surface area contributed by atoms with Crippen LogP contribution < -0.4 is 10.6 Å². The standard InChI is InChI=1S/C14H20N2O3/c1-3-19-10-6-9-15-13(17)14(18)16-12-8-5-4-7-11(12)2/h4-5,7-8H,3,6,9-10H2,1-2H3,(H,15,17)(H,16,18). The molecule has 5 heteroatoms. The maximum Gasteiger partial charge on any atom is 0.313 e. The van der Waals surface area contributed by atoms with Gasteiger partial charge in [-0.3, -0.25) is 9.59 Å². The van der Waals surface area contributed by atoms with Crippen molar-refractivity contribution >= 4 is 17.5 Å². The summed E-state index contributed by atoms with van der Waals surface area (Å²) in [6.07, 6.45) is 0.692. The summed E-state index contributed by atoms with van der Waals surface area (Å²) in [5.74, 6) is -1.27. The van der Waals surface area contributed by atoms with E-state index in [9.17, 15) is 9.59 Å². The average Bonchev–Trinajstić information content (AvgIpc) is 2.41. The number of carbonyl (C=O) groups is 2. The molecule has 0 saturated carbocycles. The fourth-order valence-electron chi connectivity index (χ4n) is 1.49. The lowest BCUT2D eigenvalue weighted by molar-refractivity contribution is -0.136. The monoisotopic (exact) mass is 264 g/mol. The summed E-state index contributed by atoms with van der Waals surface area (Å²) < 4.78 is 5.14. The minimum atomic E-state index is -0.647. The number of hydrogen-bond donors (Lipinski definition) is 2. The molecule has 0 aromatic heterocycles. The molecule has 0 aliphatic heterocycles. The average molecular weight is 264 g/mol. The minimum absolute atomic E-state index is 0.431. The van der Waals surface area contributed by atoms with Crippen LogP contribution in [0.15, 0.2) is 24.3 Å². The van der Waals surface area contributed by atoms with E-state index in [1.54, 1.807) is 6.07 Å². The zero-order valence-corrected chi connectivity index (χ0v) is 11.4. The van der Waals surface area contributed by atoms with Crippen molar-refractivity contribution in [3.8, 4) is 0 Å². The fourth-order valence-corrected chi connectivity index (χ4v) is 1.49. The summed E-state index contributed by atoms with van der Waals surface area (Å²) in [5, 5.41) is 5.13. The number of nitrogens with one attached hydrogen (secondary N) is 2. The van der Waals surface area contributed by atoms with Gasteiger partial charge in [0.25, 0.3) is 0 Å². The highest BCUT2D eigenvalue weighted by molar-refractivity contribution is 6.39. The topological polar surface area (TPSA) is 67.4 Å². The lowest BCUT2D eigenvalue weighted by Crippen LogP contribution is -2.36. The van der Waals surface area contributed by atoms with Crippen molar-refractivity contribution in [3.63, 3.8) is 0 Å². The first-order valence-corrected chi connectivity index (χ1v) is 6.37. The molecule has 0 spiro atoms. The van der Waals surface area contributed by atoms with Gasteiger partial charge >= 0.3 is 11.8 Å². The second-order valence-corrected chi connectivity index (χ2v) is 4.08. The van der Waals surface area contributed by atoms with Crippen molar-refractivity contribution in [2.24, 2.45) is 0 Å². The van der Waals surface area contributed by atoms with Crippen molar-refractivity contribution in [1.82, 2.24) is 5.32 Å². The molecular formula is C14H20N2O3. The molecule has 19 heavy (non-hydrogen) atoms. The number of ether oxygens (including phenoxy) is 1. The van der Waals surface area contributed by atoms with E-state index in [1.807, 2.05) is 32.0 Å². The van der Waals surface area contributed by atoms with Crippen LogP contribution in [0.2, 0.25) is 0 Å². The van der Waals surface area contributed by atoms with Crippen LogP contribution in [0.1, 0.15) is 18.9 Å². The van der Waals surface area contributed by atoms with E-state index < -0.39 is 11.8 Å². The third-order valence-corrected chi connectivity index (χ3v) is 2.55. The molecule has 104 valence electrons. The summed E-state index contributed by atoms with van der Waals surface area (Å²) in [4.78, 5) is 23.2. The zero-order chi connectivity index (χ0) is 14.1. The summed E-state index contributed by atoms with van der Waals surface area (Å²) in [7, 11) is 0. The number of carbonyl (C=O) groups excluding carboxylic acids is 2. The number of anilines is 1. The number of hydrogen-bond acceptors (Lipinski definition) is 3. The van der Waals surface area contributed by atoms with Gasteiger partial charge in [0.2, 0.25) is 0 Å². The number of rotatable bonds is 6. The van der Waals surface area contributed by atoms with Crippen molar-refractivity contribution < 1.29 is 14.3 Å². The van der Waals surface area contributed by atoms with Gasteiger partial charge in [-0.2, -0.15) is 0 Å². The quantitative estimate of drug-likeness (QED) is 0.604. The Morgan fingerprint density at radius 1 is 1.21 bits per heavy atom. The summed E-state index contributed by atoms with van der Waals surface area (Å²) in [5.41, 5.74) is 1.57. The van der Waals surface area contributed by atoms with Crippen LogP contribution in [-0.2, 0) is 14.3 Å². The number of amides is 2. The molecule has 0 atom stereocenters. The van der Waals surface area contributed by atoms with Crippen molar-refractivity contribution in [1.29, 1.82) is 0 Å². The van der Waals surface area contributed by atoms with Crippen LogP contribution in [-0.4, -0.2) is 31.6 Å². The predicted octanol–water partition coefficient (Wildman–Crippen LogP) is 1.48. The largest absolute Gasteiger partial charge is 0.382 e. The van der Waals surface area contributed by atoms with Crippen LogP contribution in [0.25, 0.3) is 0 Å². The highest BCUT2D eigenvalue weighted by Gasteiger charge is 2.13. The summed E-state index contributed by atoms with van der Waals surface area (Å²) in [6, 6.07) is 7.31. The molecular weight excluding hydrogens is 244 g/mol. The summed E-state index contributed by atoms with van der Waals surface area (Å²) >= 11 is 0. The van der Waals surface area contributed by atoms with Crippen molar-refractivity contribution in [3.05, 3.63) is 29.8 Å². The molecule has 1 aromatic rings. The van der Waals surface area contributed by atoms with E-state index >= 15 is 0 Å². The Morgan fingerprint density at radius 2 is 1.95 bits per heavy atom. The van der Waals surface area contributed by atoms with Crippen LogP contribution in [0.5, 0.6) is 0 Å². The van der Waals surface area contributed by atoms with Gasteiger partial charge in [-0.1, -0.05) is 18.2 Å². The zero-order valence-electron chi connectivity index (χ0n) is 11.4. The van der Waals surface area contributed by atoms with E-state index in [0.717, 1.165) is 5.56 Å². The highest BCUT2D eigenvalue weighted by Crippen LogP contribution is 2.12. The Kier molecular flexibility index (Phi) is 6.60. The second kappa shape index (κ2) is 8.26. The maximum atomic E-state index is 11.6. The Hall–Kier alpha value is -1.88. The molecule has 0 aliphatic carbocycles. The van der Waals surface area contributed by atoms with E-state index in [1.165, 1.54) is 0 Å². The van der Waals surface area contributed by atoms with Crippen LogP contribution in [0.4, 0.5) is 5.69 Å². The van der Waals surface area contributed by atoms with Crippen molar-refractivity contribution in [2.75, 3.05) is 25.1 Å². The van der Waals surface area contributed by atoms with Gasteiger partial charge in [0.15, 0.2) is 0 Å². The molecule has 1 rings (SSSR count). The van der Waals surface area contributed by atoms with Gasteiger partial charge < -0.3 is 15.4 Å². The summed E-state index contributed by atoms with van der Waals surface area (Å²) in [6.45, 7) is 5.45. The molecule has 0 saturated heterocycles. The third kappa shape index (κ3) is 5.52. The third-order valence-electron chi connectivity index (χ3n) is 2.55. The molecule has 0 bridgehead atoms. The Balaban J connectivity index is 2.33. The lowest BCUT2D eigenvalue weighted by Gasteiger charge is -2.08. The first-order valence-electron chi connectivity index (χ1n) is 6.37. The Morgan fingerprint density at radius 3 is 2.63 bits per heavy atom. The molecule has 0 unspecified atom stereocenters. The lowest BCUT2D eigenvalue weighted by atomic mass is 10.2. The molecule has 0 aliphatic rings. The number of aryl methyl sites for hydroxylation is 1. The maximum absolute atomic E-state index is 11.6. The van der Waals surface area contributed by atoms with Crippen LogP contribution in [0.3, 0.4) is 0 Å².